The summed E-state index contributed by atoms with van der Waals surface area (Å²) in [5.74, 6) is 0. The van der Waals surface area contributed by atoms with Gasteiger partial charge in [-0.05, 0) is 23.7 Å². The number of ether oxygens (including phenoxy) is 2. The zero-order chi connectivity index (χ0) is 20.4. The first-order valence-electron chi connectivity index (χ1n) is 8.70. The van der Waals surface area contributed by atoms with Crippen molar-refractivity contribution in [1.82, 2.24) is 9.55 Å². The summed E-state index contributed by atoms with van der Waals surface area (Å²) in [6, 6.07) is 1.24. The van der Waals surface area contributed by atoms with E-state index in [4.69, 9.17) is 19.4 Å². The molecular weight excluding hydrogens is 370 g/mol. The van der Waals surface area contributed by atoms with Gasteiger partial charge in [-0.1, -0.05) is 25.9 Å². The molecule has 2 rings (SSSR count). The molecule has 1 fully saturated rings. The molecule has 1 aliphatic rings. The lowest BCUT2D eigenvalue weighted by Gasteiger charge is -2.40. The summed E-state index contributed by atoms with van der Waals surface area (Å²) in [6.07, 6.45) is -1.17. The molecular formula is C16H27N5O5Si. The first-order valence-corrected chi connectivity index (χ1v) is 11.6. The van der Waals surface area contributed by atoms with E-state index in [0.717, 1.165) is 0 Å². The molecule has 0 aromatic carbocycles. The van der Waals surface area contributed by atoms with Gasteiger partial charge < -0.3 is 13.9 Å². The van der Waals surface area contributed by atoms with E-state index in [1.165, 1.54) is 23.9 Å². The molecule has 0 unspecified atom stereocenters. The summed E-state index contributed by atoms with van der Waals surface area (Å²) in [7, 11) is -0.692. The Hall–Kier alpha value is -1.91. The first kappa shape index (κ1) is 21.4. The van der Waals surface area contributed by atoms with Gasteiger partial charge in [-0.25, -0.2) is 4.79 Å². The van der Waals surface area contributed by atoms with E-state index in [2.05, 4.69) is 48.9 Å². The highest BCUT2D eigenvalue weighted by Crippen LogP contribution is 2.41. The molecule has 1 saturated heterocycles. The highest BCUT2D eigenvalue weighted by Gasteiger charge is 2.51. The van der Waals surface area contributed by atoms with Crippen molar-refractivity contribution in [2.24, 2.45) is 5.11 Å². The number of methoxy groups -OCH3 is 1. The van der Waals surface area contributed by atoms with Crippen LogP contribution in [0.25, 0.3) is 10.4 Å². The van der Waals surface area contributed by atoms with E-state index in [0.29, 0.717) is 0 Å². The van der Waals surface area contributed by atoms with E-state index >= 15 is 0 Å². The summed E-state index contributed by atoms with van der Waals surface area (Å²) >= 11 is 0. The number of rotatable bonds is 6. The van der Waals surface area contributed by atoms with Gasteiger partial charge in [0.1, 0.15) is 12.2 Å². The molecule has 4 atom stereocenters. The van der Waals surface area contributed by atoms with Crippen molar-refractivity contribution in [2.45, 2.75) is 63.4 Å². The van der Waals surface area contributed by atoms with Crippen LogP contribution in [0.4, 0.5) is 0 Å². The maximum Gasteiger partial charge on any atom is 0.330 e. The Morgan fingerprint density at radius 3 is 2.56 bits per heavy atom. The van der Waals surface area contributed by atoms with Gasteiger partial charge in [-0.15, -0.1) is 0 Å². The minimum Gasteiger partial charge on any atom is -0.408 e. The van der Waals surface area contributed by atoms with Gasteiger partial charge in [0.05, 0.1) is 12.6 Å². The Morgan fingerprint density at radius 2 is 2.04 bits per heavy atom. The Kier molecular flexibility index (Phi) is 6.33. The number of aromatic nitrogens is 2. The number of hydrogen-bond donors (Lipinski definition) is 1. The van der Waals surface area contributed by atoms with E-state index in [1.807, 2.05) is 0 Å². The van der Waals surface area contributed by atoms with Crippen molar-refractivity contribution in [3.8, 4) is 0 Å². The molecule has 2 heterocycles. The van der Waals surface area contributed by atoms with Crippen molar-refractivity contribution in [2.75, 3.05) is 13.7 Å². The number of nitrogens with one attached hydrogen (secondary N) is 1. The topological polar surface area (TPSA) is 131 Å². The molecule has 1 N–H and O–H groups in total. The third-order valence-electron chi connectivity index (χ3n) is 5.24. The van der Waals surface area contributed by atoms with Gasteiger partial charge in [-0.3, -0.25) is 14.3 Å². The van der Waals surface area contributed by atoms with E-state index in [9.17, 15) is 9.59 Å². The molecule has 1 aromatic heterocycles. The summed E-state index contributed by atoms with van der Waals surface area (Å²) in [5.41, 5.74) is 7.60. The summed E-state index contributed by atoms with van der Waals surface area (Å²) in [5, 5.41) is 3.57. The minimum atomic E-state index is -2.20. The second-order valence-electron chi connectivity index (χ2n) is 8.04. The van der Waals surface area contributed by atoms with Crippen LogP contribution in [0.15, 0.2) is 27.0 Å². The van der Waals surface area contributed by atoms with Crippen LogP contribution in [0.2, 0.25) is 18.1 Å². The molecule has 150 valence electrons. The van der Waals surface area contributed by atoms with Crippen LogP contribution in [0.1, 0.15) is 27.0 Å². The van der Waals surface area contributed by atoms with Crippen LogP contribution in [0.5, 0.6) is 0 Å². The Balaban J connectivity index is 2.43. The van der Waals surface area contributed by atoms with Crippen LogP contribution in [0, 0.1) is 0 Å². The molecule has 11 heteroatoms. The van der Waals surface area contributed by atoms with Gasteiger partial charge in [0, 0.05) is 24.3 Å². The third-order valence-corrected chi connectivity index (χ3v) is 9.72. The molecule has 0 aliphatic carbocycles. The Labute approximate surface area is 158 Å². The largest absolute Gasteiger partial charge is 0.408 e. The smallest absolute Gasteiger partial charge is 0.330 e. The fourth-order valence-electron chi connectivity index (χ4n) is 2.73. The van der Waals surface area contributed by atoms with Gasteiger partial charge in [0.15, 0.2) is 14.5 Å². The maximum atomic E-state index is 12.2. The molecule has 0 radical (unpaired) electrons. The van der Waals surface area contributed by atoms with Crippen LogP contribution in [-0.2, 0) is 13.9 Å². The predicted octanol–water partition coefficient (Wildman–Crippen LogP) is 2.15. The number of nitrogens with zero attached hydrogens (tertiary/aromatic N) is 4. The van der Waals surface area contributed by atoms with Crippen molar-refractivity contribution < 1.29 is 13.9 Å². The number of hydrogen-bond acceptors (Lipinski definition) is 6. The molecule has 1 aromatic rings. The standard InChI is InChI=1S/C16H27N5O5Si/c1-16(2,3)27(5,6)26-12-10(9-18-20-17)25-14(13(12)24-4)21-8-7-11(22)19-15(21)23/h7-8,10,12-14H,9H2,1-6H3,(H,19,22,23)/t10-,12-,13-,14-/m1/s1. The molecule has 0 saturated carbocycles. The Bertz CT molecular complexity index is 823. The van der Waals surface area contributed by atoms with E-state index < -0.39 is 44.1 Å². The molecule has 27 heavy (non-hydrogen) atoms. The zero-order valence-corrected chi connectivity index (χ0v) is 17.5. The second kappa shape index (κ2) is 7.99. The fraction of sp³-hybridized carbons (Fsp3) is 0.750. The number of azide groups is 1. The molecule has 0 spiro atoms. The quantitative estimate of drug-likeness (QED) is 0.340. The van der Waals surface area contributed by atoms with Crippen molar-refractivity contribution >= 4 is 8.32 Å². The Morgan fingerprint density at radius 1 is 1.37 bits per heavy atom. The zero-order valence-electron chi connectivity index (χ0n) is 16.5. The predicted molar refractivity (Wildman–Crippen MR) is 102 cm³/mol. The average Bonchev–Trinajstić information content (AvgIpc) is 2.88. The van der Waals surface area contributed by atoms with Crippen LogP contribution in [-0.4, -0.2) is 49.8 Å². The number of H-pyrrole nitrogens is 1. The second-order valence-corrected chi connectivity index (χ2v) is 12.8. The van der Waals surface area contributed by atoms with Crippen molar-refractivity contribution in [1.29, 1.82) is 0 Å². The summed E-state index contributed by atoms with van der Waals surface area (Å²) in [4.78, 5) is 28.6. The van der Waals surface area contributed by atoms with Crippen LogP contribution in [0.3, 0.4) is 0 Å². The summed E-state index contributed by atoms with van der Waals surface area (Å²) in [6.45, 7) is 10.6. The lowest BCUT2D eigenvalue weighted by atomic mass is 10.1. The lowest BCUT2D eigenvalue weighted by Crippen LogP contribution is -2.50. The summed E-state index contributed by atoms with van der Waals surface area (Å²) < 4.78 is 19.4. The van der Waals surface area contributed by atoms with Crippen LogP contribution >= 0.6 is 0 Å². The monoisotopic (exact) mass is 397 g/mol. The maximum absolute atomic E-state index is 12.2. The lowest BCUT2D eigenvalue weighted by molar-refractivity contribution is -0.0522. The first-order chi connectivity index (χ1) is 12.5. The third kappa shape index (κ3) is 4.50. The minimum absolute atomic E-state index is 0.0459. The molecule has 1 aliphatic heterocycles. The van der Waals surface area contributed by atoms with Gasteiger partial charge in [0.25, 0.3) is 5.56 Å². The van der Waals surface area contributed by atoms with E-state index in [1.54, 1.807) is 0 Å². The highest BCUT2D eigenvalue weighted by molar-refractivity contribution is 6.74. The SMILES string of the molecule is CO[C@@H]1[C@H](O[Si](C)(C)C(C)(C)C)[C@@H](CN=[N+]=[N-])O[C@H]1n1ccc(=O)[nH]c1=O. The van der Waals surface area contributed by atoms with E-state index in [-0.39, 0.29) is 11.6 Å². The highest BCUT2D eigenvalue weighted by atomic mass is 28.4. The van der Waals surface area contributed by atoms with Gasteiger partial charge >= 0.3 is 5.69 Å². The molecule has 0 bridgehead atoms. The normalized spacial score (nSPS) is 26.0. The molecule has 0 amide bonds. The van der Waals surface area contributed by atoms with Gasteiger partial charge in [0.2, 0.25) is 0 Å². The van der Waals surface area contributed by atoms with Crippen molar-refractivity contribution in [3.05, 3.63) is 43.5 Å². The van der Waals surface area contributed by atoms with Gasteiger partial charge in [-0.2, -0.15) is 0 Å². The fourth-order valence-corrected chi connectivity index (χ4v) is 4.05. The van der Waals surface area contributed by atoms with Crippen molar-refractivity contribution in [3.63, 3.8) is 0 Å². The number of aromatic amines is 1. The van der Waals surface area contributed by atoms with Crippen LogP contribution < -0.4 is 11.2 Å². The molecule has 10 nitrogen and oxygen atoms in total. The average molecular weight is 398 g/mol.